The van der Waals surface area contributed by atoms with E-state index in [1.165, 1.54) is 30.2 Å². The third kappa shape index (κ3) is 2.23. The molecule has 0 fully saturated rings. The molecule has 0 saturated heterocycles. The first-order valence-corrected chi connectivity index (χ1v) is 8.98. The van der Waals surface area contributed by atoms with Crippen molar-refractivity contribution in [2.75, 3.05) is 14.2 Å². The van der Waals surface area contributed by atoms with Gasteiger partial charge in [-0.25, -0.2) is 0 Å². The lowest BCUT2D eigenvalue weighted by Gasteiger charge is -2.11. The van der Waals surface area contributed by atoms with Gasteiger partial charge in [-0.2, -0.15) is 0 Å². The van der Waals surface area contributed by atoms with Crippen LogP contribution in [0.25, 0.3) is 26.1 Å². The Morgan fingerprint density at radius 3 is 1.65 bits per heavy atom. The van der Waals surface area contributed by atoms with Gasteiger partial charge in [0.15, 0.2) is 0 Å². The fraction of sp³-hybridized carbons (Fsp3) is 0.222. The molecule has 3 nitrogen and oxygen atoms in total. The summed E-state index contributed by atoms with van der Waals surface area (Å²) in [6.07, 6.45) is 0. The average molecular weight is 343 g/mol. The SMILES string of the molecule is COc1cc(OC)cc(-n2c3cc(C)sc3c3sc(C)cc32)c1. The van der Waals surface area contributed by atoms with Crippen molar-refractivity contribution in [3.8, 4) is 17.2 Å². The highest BCUT2D eigenvalue weighted by atomic mass is 32.1. The molecule has 0 spiro atoms. The Morgan fingerprint density at radius 2 is 1.22 bits per heavy atom. The topological polar surface area (TPSA) is 23.4 Å². The maximum absolute atomic E-state index is 5.44. The minimum atomic E-state index is 0.799. The summed E-state index contributed by atoms with van der Waals surface area (Å²) in [5.74, 6) is 1.60. The van der Waals surface area contributed by atoms with Gasteiger partial charge in [-0.1, -0.05) is 0 Å². The molecule has 4 aromatic rings. The van der Waals surface area contributed by atoms with E-state index >= 15 is 0 Å². The van der Waals surface area contributed by atoms with Gasteiger partial charge in [0.05, 0.1) is 40.3 Å². The fourth-order valence-corrected chi connectivity index (χ4v) is 5.13. The predicted octanol–water partition coefficient (Wildman–Crippen LogP) is 5.54. The van der Waals surface area contributed by atoms with Gasteiger partial charge in [0.2, 0.25) is 0 Å². The molecule has 4 rings (SSSR count). The van der Waals surface area contributed by atoms with Gasteiger partial charge in [-0.15, -0.1) is 22.7 Å². The van der Waals surface area contributed by atoms with Crippen LogP contribution in [0.4, 0.5) is 0 Å². The van der Waals surface area contributed by atoms with Gasteiger partial charge < -0.3 is 14.0 Å². The van der Waals surface area contributed by atoms with E-state index in [-0.39, 0.29) is 0 Å². The maximum atomic E-state index is 5.44. The third-order valence-electron chi connectivity index (χ3n) is 3.95. The minimum Gasteiger partial charge on any atom is -0.497 e. The molecule has 0 amide bonds. The molecule has 23 heavy (non-hydrogen) atoms. The molecular weight excluding hydrogens is 326 g/mol. The van der Waals surface area contributed by atoms with E-state index in [0.29, 0.717) is 0 Å². The second-order valence-electron chi connectivity index (χ2n) is 5.55. The summed E-state index contributed by atoms with van der Waals surface area (Å²) in [4.78, 5) is 2.65. The molecule has 0 bridgehead atoms. The molecule has 0 aliphatic heterocycles. The second kappa shape index (κ2) is 5.28. The number of aromatic nitrogens is 1. The van der Waals surface area contributed by atoms with Crippen LogP contribution in [0.2, 0.25) is 0 Å². The highest BCUT2D eigenvalue weighted by molar-refractivity contribution is 7.27. The van der Waals surface area contributed by atoms with E-state index in [9.17, 15) is 0 Å². The number of ether oxygens (including phenoxy) is 2. The second-order valence-corrected chi connectivity index (χ2v) is 8.06. The van der Waals surface area contributed by atoms with Crippen LogP contribution in [-0.4, -0.2) is 18.8 Å². The molecule has 0 radical (unpaired) electrons. The molecule has 0 unspecified atom stereocenters. The molecule has 3 aromatic heterocycles. The molecule has 0 aliphatic carbocycles. The largest absolute Gasteiger partial charge is 0.497 e. The maximum Gasteiger partial charge on any atom is 0.124 e. The summed E-state index contributed by atoms with van der Waals surface area (Å²) in [6, 6.07) is 10.5. The molecule has 0 atom stereocenters. The van der Waals surface area contributed by atoms with Gasteiger partial charge in [0.25, 0.3) is 0 Å². The van der Waals surface area contributed by atoms with Crippen LogP contribution in [0.3, 0.4) is 0 Å². The van der Waals surface area contributed by atoms with E-state index in [1.807, 2.05) is 28.7 Å². The van der Waals surface area contributed by atoms with Crippen LogP contribution >= 0.6 is 22.7 Å². The number of rotatable bonds is 3. The smallest absolute Gasteiger partial charge is 0.124 e. The van der Waals surface area contributed by atoms with E-state index in [0.717, 1.165) is 17.2 Å². The van der Waals surface area contributed by atoms with Crippen LogP contribution in [0.1, 0.15) is 9.75 Å². The van der Waals surface area contributed by atoms with Crippen LogP contribution in [0.15, 0.2) is 30.3 Å². The quantitative estimate of drug-likeness (QED) is 0.487. The molecule has 0 aliphatic rings. The first kappa shape index (κ1) is 14.6. The van der Waals surface area contributed by atoms with Crippen molar-refractivity contribution in [1.82, 2.24) is 4.57 Å². The average Bonchev–Trinajstić information content (AvgIpc) is 3.16. The van der Waals surface area contributed by atoms with Crippen molar-refractivity contribution >= 4 is 43.1 Å². The van der Waals surface area contributed by atoms with Crippen LogP contribution in [0, 0.1) is 13.8 Å². The lowest BCUT2D eigenvalue weighted by molar-refractivity contribution is 0.394. The Bertz CT molecular complexity index is 947. The van der Waals surface area contributed by atoms with Crippen molar-refractivity contribution in [2.24, 2.45) is 0 Å². The Balaban J connectivity index is 2.10. The number of thiophene rings is 2. The highest BCUT2D eigenvalue weighted by Crippen LogP contribution is 2.42. The van der Waals surface area contributed by atoms with Crippen LogP contribution in [-0.2, 0) is 0 Å². The van der Waals surface area contributed by atoms with E-state index in [1.54, 1.807) is 14.2 Å². The number of hydrogen-bond donors (Lipinski definition) is 0. The summed E-state index contributed by atoms with van der Waals surface area (Å²) in [6.45, 7) is 4.32. The Hall–Kier alpha value is -1.98. The van der Waals surface area contributed by atoms with E-state index in [2.05, 4.69) is 42.7 Å². The van der Waals surface area contributed by atoms with Gasteiger partial charge in [-0.05, 0) is 26.0 Å². The number of nitrogens with zero attached hydrogens (tertiary/aromatic N) is 1. The van der Waals surface area contributed by atoms with Crippen molar-refractivity contribution < 1.29 is 9.47 Å². The number of aryl methyl sites for hydroxylation is 2. The molecule has 5 heteroatoms. The van der Waals surface area contributed by atoms with Crippen LogP contribution < -0.4 is 9.47 Å². The molecular formula is C18H17NO2S2. The summed E-state index contributed by atoms with van der Waals surface area (Å²) < 4.78 is 15.9. The zero-order valence-electron chi connectivity index (χ0n) is 13.5. The lowest BCUT2D eigenvalue weighted by atomic mass is 10.2. The van der Waals surface area contributed by atoms with E-state index < -0.39 is 0 Å². The first-order valence-electron chi connectivity index (χ1n) is 7.35. The summed E-state index contributed by atoms with van der Waals surface area (Å²) >= 11 is 3.71. The Kier molecular flexibility index (Phi) is 3.36. The normalized spacial score (nSPS) is 11.5. The number of fused-ring (bicyclic) bond motifs is 3. The third-order valence-corrected chi connectivity index (χ3v) is 6.20. The lowest BCUT2D eigenvalue weighted by Crippen LogP contribution is -1.96. The summed E-state index contributed by atoms with van der Waals surface area (Å²) in [5.41, 5.74) is 3.57. The highest BCUT2D eigenvalue weighted by Gasteiger charge is 2.17. The van der Waals surface area contributed by atoms with Crippen molar-refractivity contribution in [2.45, 2.75) is 13.8 Å². The first-order chi connectivity index (χ1) is 11.1. The predicted molar refractivity (Wildman–Crippen MR) is 99.1 cm³/mol. The number of benzene rings is 1. The fourth-order valence-electron chi connectivity index (χ4n) is 2.99. The number of methoxy groups -OCH3 is 2. The molecule has 0 saturated carbocycles. The summed E-state index contributed by atoms with van der Waals surface area (Å²) in [5, 5.41) is 0. The van der Waals surface area contributed by atoms with Crippen molar-refractivity contribution in [1.29, 1.82) is 0 Å². The van der Waals surface area contributed by atoms with Gasteiger partial charge in [0, 0.05) is 28.0 Å². The standard InChI is InChI=1S/C18H17NO2S2/c1-10-5-15-17(22-10)18-16(6-11(2)23-18)19(15)12-7-13(20-3)9-14(8-12)21-4/h5-9H,1-4H3. The van der Waals surface area contributed by atoms with Crippen molar-refractivity contribution in [3.05, 3.63) is 40.1 Å². The van der Waals surface area contributed by atoms with Gasteiger partial charge in [-0.3, -0.25) is 0 Å². The molecule has 1 aromatic carbocycles. The van der Waals surface area contributed by atoms with Gasteiger partial charge in [0.1, 0.15) is 11.5 Å². The Labute approximate surface area is 142 Å². The zero-order chi connectivity index (χ0) is 16.1. The van der Waals surface area contributed by atoms with Crippen molar-refractivity contribution in [3.63, 3.8) is 0 Å². The van der Waals surface area contributed by atoms with Gasteiger partial charge >= 0.3 is 0 Å². The molecule has 118 valence electrons. The Morgan fingerprint density at radius 1 is 0.739 bits per heavy atom. The van der Waals surface area contributed by atoms with Crippen LogP contribution in [0.5, 0.6) is 11.5 Å². The minimum absolute atomic E-state index is 0.799. The summed E-state index contributed by atoms with van der Waals surface area (Å²) in [7, 11) is 3.37. The molecule has 3 heterocycles. The van der Waals surface area contributed by atoms with E-state index in [4.69, 9.17) is 9.47 Å². The zero-order valence-corrected chi connectivity index (χ0v) is 15.1. The number of hydrogen-bond acceptors (Lipinski definition) is 4. The monoisotopic (exact) mass is 343 g/mol. The molecule has 0 N–H and O–H groups in total.